The molecule has 0 bridgehead atoms. The fraction of sp³-hybridized carbons (Fsp3) is 0.296. The normalized spacial score (nSPS) is 12.3. The number of hydrogen-bond acceptors (Lipinski definition) is 13. The lowest BCUT2D eigenvalue weighted by molar-refractivity contribution is -0.385. The first kappa shape index (κ1) is 28.6. The molecule has 41 heavy (non-hydrogen) atoms. The molecule has 0 atom stereocenters. The van der Waals surface area contributed by atoms with Crippen molar-refractivity contribution in [2.75, 3.05) is 57.6 Å². The molecule has 4 rings (SSSR count). The largest absolute Gasteiger partial charge is 0.465 e. The van der Waals surface area contributed by atoms with Crippen LogP contribution in [0, 0.1) is 21.4 Å². The number of likely N-dealkylation sites (N-methyl/N-ethyl adjacent to an activating group) is 1. The van der Waals surface area contributed by atoms with Gasteiger partial charge in [0.15, 0.2) is 5.75 Å². The van der Waals surface area contributed by atoms with E-state index in [0.717, 1.165) is 17.9 Å². The van der Waals surface area contributed by atoms with Crippen LogP contribution in [0.2, 0.25) is 0 Å². The molecule has 0 spiro atoms. The number of nitrogens with one attached hydrogen (secondary N) is 1. The van der Waals surface area contributed by atoms with Crippen molar-refractivity contribution < 1.29 is 23.9 Å². The number of aliphatic imine (C=N–C) groups is 1. The molecular formula is C27H28N8O6. The smallest absolute Gasteiger partial charge is 0.373 e. The minimum atomic E-state index is -0.731. The zero-order valence-corrected chi connectivity index (χ0v) is 22.9. The number of amidine groups is 1. The zero-order valence-electron chi connectivity index (χ0n) is 22.9. The predicted octanol–water partition coefficient (Wildman–Crippen LogP) is 3.57. The molecule has 2 heterocycles. The van der Waals surface area contributed by atoms with Gasteiger partial charge in [0.05, 0.1) is 35.4 Å². The number of rotatable bonds is 11. The van der Waals surface area contributed by atoms with Crippen LogP contribution < -0.4 is 19.7 Å². The Bertz CT molecular complexity index is 1530. The summed E-state index contributed by atoms with van der Waals surface area (Å²) in [5.41, 5.74) is 0.987. The Hall–Kier alpha value is -5.45. The van der Waals surface area contributed by atoms with Crippen LogP contribution in [0.5, 0.6) is 23.4 Å². The summed E-state index contributed by atoms with van der Waals surface area (Å²) in [6.07, 6.45) is 0. The van der Waals surface area contributed by atoms with Gasteiger partial charge in [-0.05, 0) is 31.2 Å². The van der Waals surface area contributed by atoms with Crippen molar-refractivity contribution in [3.63, 3.8) is 0 Å². The molecular weight excluding hydrogens is 532 g/mol. The van der Waals surface area contributed by atoms with Crippen molar-refractivity contribution in [2.45, 2.75) is 6.92 Å². The first-order valence-corrected chi connectivity index (χ1v) is 12.6. The number of hydrogen-bond donors (Lipinski definition) is 1. The number of carbonyl (C=O) groups is 1. The second-order valence-corrected chi connectivity index (χ2v) is 8.97. The van der Waals surface area contributed by atoms with E-state index in [0.29, 0.717) is 18.0 Å². The maximum Gasteiger partial charge on any atom is 0.373 e. The number of esters is 1. The highest BCUT2D eigenvalue weighted by atomic mass is 16.6. The maximum atomic E-state index is 12.2. The van der Waals surface area contributed by atoms with Crippen LogP contribution in [0.25, 0.3) is 0 Å². The highest BCUT2D eigenvalue weighted by Crippen LogP contribution is 2.40. The van der Waals surface area contributed by atoms with Crippen molar-refractivity contribution >= 4 is 29.0 Å². The molecule has 1 aromatic heterocycles. The molecule has 0 fully saturated rings. The first-order valence-electron chi connectivity index (χ1n) is 12.6. The van der Waals surface area contributed by atoms with Crippen LogP contribution in [-0.2, 0) is 9.53 Å². The molecule has 0 radical (unpaired) electrons. The van der Waals surface area contributed by atoms with Crippen molar-refractivity contribution in [1.82, 2.24) is 14.9 Å². The number of aromatic nitrogens is 2. The SMILES string of the molecule is CCOC(=O)CNc1nc(Oc2cccc(C3=NCCN3C)c2)nc(Oc2cc(C#N)ccc2N(C)C)c1[N+](=O)[O-]. The zero-order chi connectivity index (χ0) is 29.5. The van der Waals surface area contributed by atoms with Crippen LogP contribution in [-0.4, -0.2) is 79.0 Å². The van der Waals surface area contributed by atoms with Crippen molar-refractivity contribution in [1.29, 1.82) is 5.26 Å². The summed E-state index contributed by atoms with van der Waals surface area (Å²) in [5, 5.41) is 24.2. The van der Waals surface area contributed by atoms with E-state index in [1.54, 1.807) is 56.3 Å². The lowest BCUT2D eigenvalue weighted by Gasteiger charge is -2.18. The lowest BCUT2D eigenvalue weighted by atomic mass is 10.2. The predicted molar refractivity (Wildman–Crippen MR) is 150 cm³/mol. The monoisotopic (exact) mass is 560 g/mol. The third-order valence-corrected chi connectivity index (χ3v) is 5.86. The van der Waals surface area contributed by atoms with Crippen LogP contribution >= 0.6 is 0 Å². The molecule has 14 nitrogen and oxygen atoms in total. The lowest BCUT2D eigenvalue weighted by Crippen LogP contribution is -2.23. The van der Waals surface area contributed by atoms with Crippen molar-refractivity contribution in [3.8, 4) is 29.5 Å². The number of nitrogens with zero attached hydrogens (tertiary/aromatic N) is 7. The summed E-state index contributed by atoms with van der Waals surface area (Å²) in [7, 11) is 5.44. The number of anilines is 2. The molecule has 1 N–H and O–H groups in total. The average Bonchev–Trinajstić information content (AvgIpc) is 3.37. The molecule has 0 aliphatic carbocycles. The molecule has 14 heteroatoms. The highest BCUT2D eigenvalue weighted by Gasteiger charge is 2.29. The van der Waals surface area contributed by atoms with E-state index in [1.165, 1.54) is 6.07 Å². The van der Waals surface area contributed by atoms with E-state index in [4.69, 9.17) is 14.2 Å². The molecule has 0 amide bonds. The third-order valence-electron chi connectivity index (χ3n) is 5.86. The van der Waals surface area contributed by atoms with Gasteiger partial charge < -0.3 is 29.3 Å². The van der Waals surface area contributed by atoms with E-state index >= 15 is 0 Å². The molecule has 1 aliphatic rings. The summed E-state index contributed by atoms with van der Waals surface area (Å²) >= 11 is 0. The summed E-state index contributed by atoms with van der Waals surface area (Å²) < 4.78 is 16.8. The molecule has 2 aromatic carbocycles. The molecule has 0 saturated carbocycles. The van der Waals surface area contributed by atoms with Gasteiger partial charge in [-0.2, -0.15) is 15.2 Å². The fourth-order valence-corrected chi connectivity index (χ4v) is 3.97. The van der Waals surface area contributed by atoms with E-state index in [9.17, 15) is 20.2 Å². The summed E-state index contributed by atoms with van der Waals surface area (Å²) in [6, 6.07) is 13.5. The Kier molecular flexibility index (Phi) is 8.78. The Balaban J connectivity index is 1.78. The van der Waals surface area contributed by atoms with Gasteiger partial charge in [-0.25, -0.2) is 0 Å². The topological polar surface area (TPSA) is 168 Å². The van der Waals surface area contributed by atoms with Crippen LogP contribution in [0.4, 0.5) is 17.2 Å². The second-order valence-electron chi connectivity index (χ2n) is 8.97. The Morgan fingerprint density at radius 2 is 2.02 bits per heavy atom. The number of nitriles is 1. The van der Waals surface area contributed by atoms with Crippen molar-refractivity contribution in [2.24, 2.45) is 4.99 Å². The third kappa shape index (κ3) is 6.77. The van der Waals surface area contributed by atoms with E-state index in [-0.39, 0.29) is 29.7 Å². The average molecular weight is 561 g/mol. The van der Waals surface area contributed by atoms with Gasteiger partial charge in [-0.1, -0.05) is 12.1 Å². The minimum Gasteiger partial charge on any atom is -0.465 e. The fourth-order valence-electron chi connectivity index (χ4n) is 3.97. The van der Waals surface area contributed by atoms with Gasteiger partial charge in [-0.15, -0.1) is 0 Å². The molecule has 3 aromatic rings. The Labute approximate surface area is 236 Å². The summed E-state index contributed by atoms with van der Waals surface area (Å²) in [4.78, 5) is 40.1. The van der Waals surface area contributed by atoms with Gasteiger partial charge in [0.1, 0.15) is 18.1 Å². The Morgan fingerprint density at radius 1 is 1.22 bits per heavy atom. The van der Waals surface area contributed by atoms with Gasteiger partial charge in [0.2, 0.25) is 5.82 Å². The molecule has 1 aliphatic heterocycles. The van der Waals surface area contributed by atoms with Crippen LogP contribution in [0.3, 0.4) is 0 Å². The Morgan fingerprint density at radius 3 is 2.68 bits per heavy atom. The van der Waals surface area contributed by atoms with E-state index in [2.05, 4.69) is 20.3 Å². The summed E-state index contributed by atoms with van der Waals surface area (Å²) in [5.74, 6) is -0.127. The first-order chi connectivity index (χ1) is 19.7. The second kappa shape index (κ2) is 12.6. The number of carbonyl (C=O) groups excluding carboxylic acids is 1. The number of ether oxygens (including phenoxy) is 3. The molecule has 0 unspecified atom stereocenters. The number of nitro groups is 1. The maximum absolute atomic E-state index is 12.2. The summed E-state index contributed by atoms with van der Waals surface area (Å²) in [6.45, 7) is 2.85. The standard InChI is InChI=1S/C27H28N8O6/c1-5-39-22(36)16-30-24-23(35(37)38)26(41-21-13-17(15-28)9-10-20(21)33(2)3)32-27(31-24)40-19-8-6-7-18(14-19)25-29-11-12-34(25)4/h6-10,13-14H,5,11-12,16H2,1-4H3,(H,30,31,32). The minimum absolute atomic E-state index is 0.133. The van der Waals surface area contributed by atoms with Gasteiger partial charge in [-0.3, -0.25) is 19.9 Å². The number of benzene rings is 2. The van der Waals surface area contributed by atoms with E-state index < -0.39 is 29.0 Å². The molecule has 212 valence electrons. The van der Waals surface area contributed by atoms with Gasteiger partial charge in [0, 0.05) is 39.3 Å². The van der Waals surface area contributed by atoms with Gasteiger partial charge in [0.25, 0.3) is 0 Å². The van der Waals surface area contributed by atoms with E-state index in [1.807, 2.05) is 24.1 Å². The van der Waals surface area contributed by atoms with Crippen LogP contribution in [0.15, 0.2) is 47.5 Å². The quantitative estimate of drug-likeness (QED) is 0.206. The van der Waals surface area contributed by atoms with Gasteiger partial charge >= 0.3 is 23.5 Å². The van der Waals surface area contributed by atoms with Crippen molar-refractivity contribution in [3.05, 3.63) is 63.7 Å². The molecule has 0 saturated heterocycles. The highest BCUT2D eigenvalue weighted by molar-refractivity contribution is 5.99. The van der Waals surface area contributed by atoms with Crippen LogP contribution in [0.1, 0.15) is 18.1 Å².